The van der Waals surface area contributed by atoms with Gasteiger partial charge in [-0.15, -0.1) is 11.7 Å². The number of esters is 2. The van der Waals surface area contributed by atoms with Crippen LogP contribution in [0.25, 0.3) is 0 Å². The van der Waals surface area contributed by atoms with E-state index in [1.165, 1.54) is 20.8 Å². The zero-order valence-corrected chi connectivity index (χ0v) is 11.1. The van der Waals surface area contributed by atoms with Crippen molar-refractivity contribution in [3.63, 3.8) is 0 Å². The van der Waals surface area contributed by atoms with Crippen LogP contribution in [0.1, 0.15) is 20.8 Å². The van der Waals surface area contributed by atoms with Gasteiger partial charge < -0.3 is 9.47 Å². The number of ether oxygens (including phenoxy) is 2. The molecule has 0 bridgehead atoms. The largest absolute Gasteiger partial charge is 0.409 e. The van der Waals surface area contributed by atoms with Crippen LogP contribution in [0.4, 0.5) is 0 Å². The molecular weight excluding hydrogens is 248 g/mol. The van der Waals surface area contributed by atoms with Crippen molar-refractivity contribution >= 4 is 34.4 Å². The van der Waals surface area contributed by atoms with E-state index in [1.807, 2.05) is 0 Å². The van der Waals surface area contributed by atoms with Crippen LogP contribution in [0.5, 0.6) is 0 Å². The van der Waals surface area contributed by atoms with Crippen molar-refractivity contribution in [1.82, 2.24) is 0 Å². The van der Waals surface area contributed by atoms with Gasteiger partial charge in [0.1, 0.15) is 0 Å². The maximum atomic E-state index is 11.3. The molecule has 0 aliphatic heterocycles. The Hall–Kier alpha value is -0.880. The van der Waals surface area contributed by atoms with Crippen molar-refractivity contribution < 1.29 is 19.1 Å². The van der Waals surface area contributed by atoms with E-state index in [9.17, 15) is 9.59 Å². The van der Waals surface area contributed by atoms with Gasteiger partial charge in [-0.05, 0) is 24.6 Å². The third-order valence-corrected chi connectivity index (χ3v) is 2.91. The van der Waals surface area contributed by atoms with Crippen molar-refractivity contribution in [2.45, 2.75) is 25.9 Å². The van der Waals surface area contributed by atoms with Crippen LogP contribution in [-0.4, -0.2) is 17.1 Å². The van der Waals surface area contributed by atoms with E-state index in [0.717, 1.165) is 10.8 Å². The molecule has 0 atom stereocenters. The van der Waals surface area contributed by atoms with Crippen molar-refractivity contribution in [2.75, 3.05) is 0 Å². The van der Waals surface area contributed by atoms with E-state index in [-0.39, 0.29) is 11.1 Å². The van der Waals surface area contributed by atoms with Gasteiger partial charge in [-0.2, -0.15) is 0 Å². The topological polar surface area (TPSA) is 52.6 Å². The summed E-state index contributed by atoms with van der Waals surface area (Å²) >= 11 is 3.89. The Labute approximate surface area is 104 Å². The summed E-state index contributed by atoms with van der Waals surface area (Å²) in [6.07, 6.45) is 0. The number of rotatable bonds is 5. The first-order chi connectivity index (χ1) is 7.22. The fourth-order valence-corrected chi connectivity index (χ4v) is 1.02. The molecule has 0 saturated heterocycles. The predicted octanol–water partition coefficient (Wildman–Crippen LogP) is 2.48. The third-order valence-electron chi connectivity index (χ3n) is 1.42. The molecule has 0 saturated carbocycles. The Balaban J connectivity index is 4.66. The van der Waals surface area contributed by atoms with Crippen LogP contribution in [0, 0.1) is 0 Å². The van der Waals surface area contributed by atoms with Crippen LogP contribution in [-0.2, 0) is 19.1 Å². The lowest BCUT2D eigenvalue weighted by atomic mass is 10.3. The summed E-state index contributed by atoms with van der Waals surface area (Å²) in [5.41, 5.74) is 0.417. The molecule has 0 spiro atoms. The normalized spacial score (nSPS) is 10.5. The van der Waals surface area contributed by atoms with Crippen LogP contribution < -0.4 is 0 Å². The average Bonchev–Trinajstić information content (AvgIpc) is 2.17. The summed E-state index contributed by atoms with van der Waals surface area (Å²) < 4.78 is 9.87. The molecular formula is C10H14O4S2. The first kappa shape index (κ1) is 15.1. The second kappa shape index (κ2) is 6.00. The molecule has 0 amide bonds. The molecule has 0 rings (SSSR count). The van der Waals surface area contributed by atoms with Gasteiger partial charge in [0.25, 0.3) is 0 Å². The first-order valence-corrected chi connectivity index (χ1v) is 6.19. The summed E-state index contributed by atoms with van der Waals surface area (Å²) in [5.74, 6) is -1.31. The minimum Gasteiger partial charge on any atom is -0.409 e. The highest BCUT2D eigenvalue weighted by Crippen LogP contribution is 2.32. The van der Waals surface area contributed by atoms with Crippen molar-refractivity contribution in [2.24, 2.45) is 0 Å². The lowest BCUT2D eigenvalue weighted by molar-refractivity contribution is -0.187. The number of carbonyl (C=O) groups excluding carboxylic acids is 2. The van der Waals surface area contributed by atoms with E-state index in [1.54, 1.807) is 0 Å². The summed E-state index contributed by atoms with van der Waals surface area (Å²) in [6, 6.07) is 0. The second-order valence-corrected chi connectivity index (χ2v) is 4.77. The lowest BCUT2D eigenvalue weighted by Crippen LogP contribution is -2.33. The molecule has 90 valence electrons. The van der Waals surface area contributed by atoms with Crippen molar-refractivity contribution in [1.29, 1.82) is 0 Å². The number of hydrogen-bond donors (Lipinski definition) is 1. The number of carbonyl (C=O) groups is 2. The molecule has 0 unspecified atom stereocenters. The average molecular weight is 262 g/mol. The quantitative estimate of drug-likeness (QED) is 0.271. The van der Waals surface area contributed by atoms with Gasteiger partial charge in [-0.3, -0.25) is 0 Å². The molecule has 0 aromatic heterocycles. The molecule has 6 heteroatoms. The number of hydrogen-bond acceptors (Lipinski definition) is 6. The van der Waals surface area contributed by atoms with Gasteiger partial charge in [0.05, 0.1) is 0 Å². The summed E-state index contributed by atoms with van der Waals surface area (Å²) in [5, 5.41) is -1.49. The van der Waals surface area contributed by atoms with E-state index in [4.69, 9.17) is 9.47 Å². The van der Waals surface area contributed by atoms with Gasteiger partial charge in [0, 0.05) is 18.1 Å². The molecule has 0 aromatic rings. The Bertz CT molecular complexity index is 308. The predicted molar refractivity (Wildman–Crippen MR) is 66.8 cm³/mol. The highest BCUT2D eigenvalue weighted by Gasteiger charge is 2.33. The summed E-state index contributed by atoms with van der Waals surface area (Å²) in [7, 11) is 0.790. The van der Waals surface area contributed by atoms with Crippen LogP contribution in [0.15, 0.2) is 24.3 Å². The monoisotopic (exact) mass is 262 g/mol. The fourth-order valence-electron chi connectivity index (χ4n) is 0.569. The van der Waals surface area contributed by atoms with Crippen LogP contribution in [0.2, 0.25) is 0 Å². The van der Waals surface area contributed by atoms with Gasteiger partial charge in [-0.25, -0.2) is 9.59 Å². The lowest BCUT2D eigenvalue weighted by Gasteiger charge is -2.26. The molecule has 0 radical (unpaired) electrons. The molecule has 4 nitrogen and oxygen atoms in total. The summed E-state index contributed by atoms with van der Waals surface area (Å²) in [4.78, 5) is 22.6. The Morgan fingerprint density at radius 2 is 1.44 bits per heavy atom. The zero-order valence-electron chi connectivity index (χ0n) is 9.40. The van der Waals surface area contributed by atoms with Gasteiger partial charge in [-0.1, -0.05) is 13.2 Å². The smallest absolute Gasteiger partial charge is 0.337 e. The first-order valence-electron chi connectivity index (χ1n) is 4.32. The molecule has 0 fully saturated rings. The SMILES string of the molecule is C=C(C)C(=O)OC(C)(OC(=O)C(=C)C)SS. The standard InChI is InChI=1S/C10H14O4S2/c1-6(2)8(11)13-10(5,16-15)14-9(12)7(3)4/h15H,1,3H2,2,4-5H3. The second-order valence-electron chi connectivity index (χ2n) is 3.29. The molecule has 0 aliphatic rings. The molecule has 0 heterocycles. The molecule has 16 heavy (non-hydrogen) atoms. The molecule has 0 aromatic carbocycles. The zero-order chi connectivity index (χ0) is 12.9. The highest BCUT2D eigenvalue weighted by atomic mass is 33.1. The van der Waals surface area contributed by atoms with Crippen LogP contribution >= 0.6 is 22.5 Å². The van der Waals surface area contributed by atoms with E-state index < -0.39 is 17.1 Å². The fraction of sp³-hybridized carbons (Fsp3) is 0.400. The summed E-state index contributed by atoms with van der Waals surface area (Å²) in [6.45, 7) is 11.2. The van der Waals surface area contributed by atoms with Gasteiger partial charge >= 0.3 is 17.1 Å². The highest BCUT2D eigenvalue weighted by molar-refractivity contribution is 8.69. The Morgan fingerprint density at radius 1 is 1.12 bits per heavy atom. The van der Waals surface area contributed by atoms with Crippen molar-refractivity contribution in [3.8, 4) is 0 Å². The maximum absolute atomic E-state index is 11.3. The van der Waals surface area contributed by atoms with E-state index >= 15 is 0 Å². The van der Waals surface area contributed by atoms with E-state index in [0.29, 0.717) is 0 Å². The Morgan fingerprint density at radius 3 is 1.62 bits per heavy atom. The maximum Gasteiger partial charge on any atom is 0.337 e. The molecule has 0 N–H and O–H groups in total. The minimum atomic E-state index is -1.49. The number of thiol groups is 1. The molecule has 0 aliphatic carbocycles. The minimum absolute atomic E-state index is 0.208. The van der Waals surface area contributed by atoms with Crippen LogP contribution in [0.3, 0.4) is 0 Å². The third kappa shape index (κ3) is 4.76. The van der Waals surface area contributed by atoms with Gasteiger partial charge in [0.15, 0.2) is 0 Å². The Kier molecular flexibility index (Phi) is 5.67. The van der Waals surface area contributed by atoms with E-state index in [2.05, 4.69) is 24.8 Å². The van der Waals surface area contributed by atoms with Gasteiger partial charge in [0.2, 0.25) is 0 Å². The van der Waals surface area contributed by atoms with Crippen molar-refractivity contribution in [3.05, 3.63) is 24.3 Å².